The highest BCUT2D eigenvalue weighted by atomic mass is 16.5. The molecule has 0 amide bonds. The molecular weight excluding hydrogens is 150 g/mol. The first-order chi connectivity index (χ1) is 5.86. The van der Waals surface area contributed by atoms with Crippen LogP contribution in [0.1, 0.15) is 26.7 Å². The molecule has 2 fully saturated rings. The lowest BCUT2D eigenvalue weighted by molar-refractivity contribution is 0.0998. The smallest absolute Gasteiger partial charge is 0.0745 e. The van der Waals surface area contributed by atoms with Crippen molar-refractivity contribution < 1.29 is 4.74 Å². The number of likely N-dealkylation sites (tertiary alicyclic amines) is 1. The van der Waals surface area contributed by atoms with Gasteiger partial charge in [0.2, 0.25) is 0 Å². The molecule has 12 heavy (non-hydrogen) atoms. The molecule has 0 radical (unpaired) electrons. The van der Waals surface area contributed by atoms with Gasteiger partial charge in [-0.05, 0) is 19.4 Å². The second-order valence-corrected chi connectivity index (χ2v) is 3.92. The maximum absolute atomic E-state index is 5.70. The van der Waals surface area contributed by atoms with E-state index in [0.717, 1.165) is 18.6 Å². The van der Waals surface area contributed by atoms with E-state index < -0.39 is 0 Å². The summed E-state index contributed by atoms with van der Waals surface area (Å²) in [5.74, 6) is 0.843. The predicted octanol–water partition coefficient (Wildman–Crippen LogP) is 1.51. The number of hydrogen-bond donors (Lipinski definition) is 0. The van der Waals surface area contributed by atoms with Gasteiger partial charge in [-0.25, -0.2) is 0 Å². The van der Waals surface area contributed by atoms with Crippen LogP contribution in [0.2, 0.25) is 0 Å². The van der Waals surface area contributed by atoms with Crippen LogP contribution in [0, 0.1) is 5.92 Å². The van der Waals surface area contributed by atoms with Crippen LogP contribution in [0.15, 0.2) is 0 Å². The van der Waals surface area contributed by atoms with Gasteiger partial charge < -0.3 is 4.74 Å². The standard InChI is InChI=1S/C10H19NO/c1-3-9-8-5-6-12-10(8)7-11(9)4-2/h8-10H,3-7H2,1-2H3. The zero-order valence-corrected chi connectivity index (χ0v) is 8.12. The molecule has 0 aliphatic carbocycles. The van der Waals surface area contributed by atoms with E-state index in [2.05, 4.69) is 18.7 Å². The van der Waals surface area contributed by atoms with Crippen molar-refractivity contribution in [3.63, 3.8) is 0 Å². The maximum Gasteiger partial charge on any atom is 0.0745 e. The molecule has 2 aliphatic rings. The van der Waals surface area contributed by atoms with Crippen LogP contribution in [-0.4, -0.2) is 36.7 Å². The average Bonchev–Trinajstić information content (AvgIpc) is 2.61. The Morgan fingerprint density at radius 3 is 2.92 bits per heavy atom. The van der Waals surface area contributed by atoms with E-state index >= 15 is 0 Å². The molecule has 0 aromatic carbocycles. The molecular formula is C10H19NO. The summed E-state index contributed by atoms with van der Waals surface area (Å²) >= 11 is 0. The first kappa shape index (κ1) is 8.52. The van der Waals surface area contributed by atoms with Gasteiger partial charge >= 0.3 is 0 Å². The van der Waals surface area contributed by atoms with Gasteiger partial charge in [-0.3, -0.25) is 4.90 Å². The van der Waals surface area contributed by atoms with Gasteiger partial charge in [0.15, 0.2) is 0 Å². The Kier molecular flexibility index (Phi) is 2.37. The zero-order valence-electron chi connectivity index (χ0n) is 8.12. The van der Waals surface area contributed by atoms with Gasteiger partial charge in [0.05, 0.1) is 6.10 Å². The molecule has 0 aromatic heterocycles. The topological polar surface area (TPSA) is 12.5 Å². The second kappa shape index (κ2) is 3.35. The number of rotatable bonds is 2. The number of ether oxygens (including phenoxy) is 1. The second-order valence-electron chi connectivity index (χ2n) is 3.92. The van der Waals surface area contributed by atoms with Crippen LogP contribution < -0.4 is 0 Å². The number of likely N-dealkylation sites (N-methyl/N-ethyl adjacent to an activating group) is 1. The molecule has 0 spiro atoms. The molecule has 0 N–H and O–H groups in total. The fourth-order valence-electron chi connectivity index (χ4n) is 2.86. The molecule has 2 heteroatoms. The van der Waals surface area contributed by atoms with Gasteiger partial charge in [0.25, 0.3) is 0 Å². The van der Waals surface area contributed by atoms with E-state index in [-0.39, 0.29) is 0 Å². The molecule has 2 heterocycles. The molecule has 0 saturated carbocycles. The highest BCUT2D eigenvalue weighted by Crippen LogP contribution is 2.35. The van der Waals surface area contributed by atoms with Crippen molar-refractivity contribution in [1.82, 2.24) is 4.90 Å². The van der Waals surface area contributed by atoms with E-state index in [0.29, 0.717) is 6.10 Å². The van der Waals surface area contributed by atoms with Crippen LogP contribution in [0.5, 0.6) is 0 Å². The highest BCUT2D eigenvalue weighted by molar-refractivity contribution is 4.95. The SMILES string of the molecule is CCC1C2CCOC2CN1CC. The van der Waals surface area contributed by atoms with E-state index in [9.17, 15) is 0 Å². The van der Waals surface area contributed by atoms with E-state index in [4.69, 9.17) is 4.74 Å². The Morgan fingerprint density at radius 1 is 1.42 bits per heavy atom. The highest BCUT2D eigenvalue weighted by Gasteiger charge is 2.43. The Hall–Kier alpha value is -0.0800. The van der Waals surface area contributed by atoms with E-state index in [1.807, 2.05) is 0 Å². The lowest BCUT2D eigenvalue weighted by atomic mass is 9.95. The third kappa shape index (κ3) is 1.17. The van der Waals surface area contributed by atoms with Crippen molar-refractivity contribution in [3.8, 4) is 0 Å². The molecule has 3 atom stereocenters. The molecule has 70 valence electrons. The summed E-state index contributed by atoms with van der Waals surface area (Å²) < 4.78 is 5.70. The summed E-state index contributed by atoms with van der Waals surface area (Å²) in [4.78, 5) is 2.58. The van der Waals surface area contributed by atoms with Crippen molar-refractivity contribution in [2.45, 2.75) is 38.8 Å². The third-order valence-corrected chi connectivity index (χ3v) is 3.46. The first-order valence-corrected chi connectivity index (χ1v) is 5.22. The van der Waals surface area contributed by atoms with Gasteiger partial charge in [-0.1, -0.05) is 13.8 Å². The summed E-state index contributed by atoms with van der Waals surface area (Å²) in [6.45, 7) is 7.93. The molecule has 3 unspecified atom stereocenters. The van der Waals surface area contributed by atoms with Crippen LogP contribution in [0.4, 0.5) is 0 Å². The fraction of sp³-hybridized carbons (Fsp3) is 1.00. The van der Waals surface area contributed by atoms with E-state index in [1.54, 1.807) is 0 Å². The van der Waals surface area contributed by atoms with Crippen molar-refractivity contribution in [2.24, 2.45) is 5.92 Å². The Labute approximate surface area is 74.9 Å². The molecule has 0 bridgehead atoms. The minimum absolute atomic E-state index is 0.565. The van der Waals surface area contributed by atoms with Crippen LogP contribution in [0.3, 0.4) is 0 Å². The lowest BCUT2D eigenvalue weighted by Crippen LogP contribution is -2.32. The molecule has 2 rings (SSSR count). The van der Waals surface area contributed by atoms with Crippen LogP contribution in [0.25, 0.3) is 0 Å². The number of nitrogens with zero attached hydrogens (tertiary/aromatic N) is 1. The number of hydrogen-bond acceptors (Lipinski definition) is 2. The molecule has 0 aromatic rings. The van der Waals surface area contributed by atoms with Gasteiger partial charge in [0, 0.05) is 25.1 Å². The minimum Gasteiger partial charge on any atom is -0.377 e. The summed E-state index contributed by atoms with van der Waals surface area (Å²) in [7, 11) is 0. The van der Waals surface area contributed by atoms with Crippen molar-refractivity contribution >= 4 is 0 Å². The van der Waals surface area contributed by atoms with Crippen molar-refractivity contribution in [2.75, 3.05) is 19.7 Å². The molecule has 2 saturated heterocycles. The van der Waals surface area contributed by atoms with Crippen molar-refractivity contribution in [3.05, 3.63) is 0 Å². The van der Waals surface area contributed by atoms with Gasteiger partial charge in [-0.15, -0.1) is 0 Å². The zero-order chi connectivity index (χ0) is 8.55. The van der Waals surface area contributed by atoms with E-state index in [1.165, 1.54) is 25.9 Å². The molecule has 2 nitrogen and oxygen atoms in total. The lowest BCUT2D eigenvalue weighted by Gasteiger charge is -2.24. The Bertz CT molecular complexity index is 160. The van der Waals surface area contributed by atoms with Crippen LogP contribution in [-0.2, 0) is 4.74 Å². The fourth-order valence-corrected chi connectivity index (χ4v) is 2.86. The maximum atomic E-state index is 5.70. The summed E-state index contributed by atoms with van der Waals surface area (Å²) in [6.07, 6.45) is 3.15. The Morgan fingerprint density at radius 2 is 2.25 bits per heavy atom. The number of fused-ring (bicyclic) bond motifs is 1. The monoisotopic (exact) mass is 169 g/mol. The predicted molar refractivity (Wildman–Crippen MR) is 49.2 cm³/mol. The Balaban J connectivity index is 2.05. The summed E-state index contributed by atoms with van der Waals surface area (Å²) in [5, 5.41) is 0. The quantitative estimate of drug-likeness (QED) is 0.621. The van der Waals surface area contributed by atoms with Gasteiger partial charge in [0.1, 0.15) is 0 Å². The largest absolute Gasteiger partial charge is 0.377 e. The normalized spacial score (nSPS) is 42.0. The summed E-state index contributed by atoms with van der Waals surface area (Å²) in [6, 6.07) is 0.808. The third-order valence-electron chi connectivity index (χ3n) is 3.46. The van der Waals surface area contributed by atoms with Crippen molar-refractivity contribution in [1.29, 1.82) is 0 Å². The molecule has 2 aliphatic heterocycles. The minimum atomic E-state index is 0.565. The summed E-state index contributed by atoms with van der Waals surface area (Å²) in [5.41, 5.74) is 0. The van der Waals surface area contributed by atoms with Crippen LogP contribution >= 0.6 is 0 Å². The van der Waals surface area contributed by atoms with Gasteiger partial charge in [-0.2, -0.15) is 0 Å². The first-order valence-electron chi connectivity index (χ1n) is 5.22. The average molecular weight is 169 g/mol.